The molecule has 2 unspecified atom stereocenters. The summed E-state index contributed by atoms with van der Waals surface area (Å²) in [6.07, 6.45) is -0.771. The fourth-order valence-electron chi connectivity index (χ4n) is 3.42. The molecule has 5 nitrogen and oxygen atoms in total. The number of hydrogen-bond acceptors (Lipinski definition) is 5. The van der Waals surface area contributed by atoms with E-state index in [0.29, 0.717) is 27.7 Å². The largest absolute Gasteiger partial charge is 0.483 e. The van der Waals surface area contributed by atoms with Crippen molar-refractivity contribution < 1.29 is 23.8 Å². The number of carbonyl (C=O) groups is 2. The molecule has 6 heteroatoms. The van der Waals surface area contributed by atoms with Crippen LogP contribution in [0.15, 0.2) is 66.3 Å². The lowest BCUT2D eigenvalue weighted by atomic mass is 9.82. The first-order valence-corrected chi connectivity index (χ1v) is 8.64. The zero-order valence-corrected chi connectivity index (χ0v) is 15.2. The number of esters is 2. The molecule has 2 atom stereocenters. The summed E-state index contributed by atoms with van der Waals surface area (Å²) < 4.78 is 16.4. The van der Waals surface area contributed by atoms with Gasteiger partial charge in [0.25, 0.3) is 0 Å². The van der Waals surface area contributed by atoms with E-state index in [9.17, 15) is 9.59 Å². The number of fused-ring (bicyclic) bond motifs is 3. The smallest absolute Gasteiger partial charge is 0.344 e. The number of carbonyl (C=O) groups excluding carboxylic acids is 2. The molecule has 0 saturated carbocycles. The van der Waals surface area contributed by atoms with Crippen molar-refractivity contribution in [3.05, 3.63) is 82.4 Å². The van der Waals surface area contributed by atoms with Crippen LogP contribution in [0.3, 0.4) is 0 Å². The number of para-hydroxylation sites is 1. The van der Waals surface area contributed by atoms with Gasteiger partial charge in [-0.1, -0.05) is 36.4 Å². The molecule has 0 spiro atoms. The molecule has 0 fully saturated rings. The summed E-state index contributed by atoms with van der Waals surface area (Å²) in [4.78, 5) is 24.9. The lowest BCUT2D eigenvalue weighted by Gasteiger charge is -2.26. The molecule has 0 aromatic heterocycles. The average Bonchev–Trinajstić information content (AvgIpc) is 3.09. The fraction of sp³-hybridized carbons (Fsp3) is 0.143. The van der Waals surface area contributed by atoms with Gasteiger partial charge in [-0.3, -0.25) is 0 Å². The molecule has 2 heterocycles. The quantitative estimate of drug-likeness (QED) is 0.458. The summed E-state index contributed by atoms with van der Waals surface area (Å²) in [5.74, 6) is -0.817. The number of ether oxygens (including phenoxy) is 3. The molecule has 0 bridgehead atoms. The van der Waals surface area contributed by atoms with Crippen molar-refractivity contribution in [2.45, 2.75) is 12.0 Å². The van der Waals surface area contributed by atoms with E-state index in [-0.39, 0.29) is 5.57 Å². The van der Waals surface area contributed by atoms with Gasteiger partial charge in [-0.2, -0.15) is 0 Å². The molecule has 136 valence electrons. The van der Waals surface area contributed by atoms with Gasteiger partial charge < -0.3 is 14.2 Å². The Morgan fingerprint density at radius 3 is 2.56 bits per heavy atom. The molecule has 27 heavy (non-hydrogen) atoms. The van der Waals surface area contributed by atoms with Gasteiger partial charge in [0.1, 0.15) is 17.6 Å². The average molecular weight is 383 g/mol. The molecule has 0 aliphatic carbocycles. The predicted octanol–water partition coefficient (Wildman–Crippen LogP) is 3.88. The van der Waals surface area contributed by atoms with Gasteiger partial charge in [-0.25, -0.2) is 9.59 Å². The van der Waals surface area contributed by atoms with E-state index in [1.165, 1.54) is 7.11 Å². The van der Waals surface area contributed by atoms with Crippen LogP contribution in [0.4, 0.5) is 0 Å². The van der Waals surface area contributed by atoms with Crippen molar-refractivity contribution in [1.82, 2.24) is 0 Å². The third-order valence-electron chi connectivity index (χ3n) is 4.68. The van der Waals surface area contributed by atoms with Crippen LogP contribution in [0, 0.1) is 0 Å². The highest BCUT2D eigenvalue weighted by molar-refractivity contribution is 6.30. The van der Waals surface area contributed by atoms with Crippen LogP contribution in [-0.4, -0.2) is 25.2 Å². The van der Waals surface area contributed by atoms with Crippen LogP contribution < -0.4 is 4.74 Å². The highest BCUT2D eigenvalue weighted by Gasteiger charge is 2.49. The molecule has 2 aromatic rings. The predicted molar refractivity (Wildman–Crippen MR) is 99.2 cm³/mol. The van der Waals surface area contributed by atoms with Gasteiger partial charge in [0.2, 0.25) is 0 Å². The van der Waals surface area contributed by atoms with Gasteiger partial charge in [0.05, 0.1) is 24.2 Å². The Bertz CT molecular complexity index is 990. The van der Waals surface area contributed by atoms with Gasteiger partial charge in [0.15, 0.2) is 0 Å². The third kappa shape index (κ3) is 2.80. The number of halogens is 1. The first-order chi connectivity index (χ1) is 13.0. The Morgan fingerprint density at radius 1 is 1.15 bits per heavy atom. The highest BCUT2D eigenvalue weighted by atomic mass is 35.5. The molecule has 2 aliphatic heterocycles. The summed E-state index contributed by atoms with van der Waals surface area (Å²) in [7, 11) is 1.28. The van der Waals surface area contributed by atoms with Gasteiger partial charge in [-0.15, -0.1) is 0 Å². The minimum absolute atomic E-state index is 0.133. The molecule has 0 radical (unpaired) electrons. The Labute approximate surface area is 160 Å². The summed E-state index contributed by atoms with van der Waals surface area (Å²) >= 11 is 5.97. The Morgan fingerprint density at radius 2 is 1.85 bits per heavy atom. The molecule has 0 N–H and O–H groups in total. The topological polar surface area (TPSA) is 61.8 Å². The summed E-state index contributed by atoms with van der Waals surface area (Å²) in [5, 5.41) is 0.561. The second-order valence-electron chi connectivity index (χ2n) is 6.21. The van der Waals surface area contributed by atoms with Crippen molar-refractivity contribution in [3.8, 4) is 5.75 Å². The second kappa shape index (κ2) is 6.59. The molecule has 0 amide bonds. The van der Waals surface area contributed by atoms with Crippen LogP contribution in [0.25, 0.3) is 5.76 Å². The van der Waals surface area contributed by atoms with Gasteiger partial charge in [-0.05, 0) is 30.3 Å². The van der Waals surface area contributed by atoms with E-state index in [1.54, 1.807) is 36.4 Å². The maximum absolute atomic E-state index is 12.8. The van der Waals surface area contributed by atoms with E-state index in [2.05, 4.69) is 6.58 Å². The summed E-state index contributed by atoms with van der Waals surface area (Å²) in [5.41, 5.74) is 1.90. The molecular weight excluding hydrogens is 368 g/mol. The van der Waals surface area contributed by atoms with Crippen LogP contribution in [-0.2, 0) is 19.1 Å². The minimum Gasteiger partial charge on any atom is -0.483 e. The lowest BCUT2D eigenvalue weighted by molar-refractivity contribution is -0.137. The zero-order chi connectivity index (χ0) is 19.1. The van der Waals surface area contributed by atoms with Crippen molar-refractivity contribution in [2.75, 3.05) is 7.11 Å². The van der Waals surface area contributed by atoms with E-state index >= 15 is 0 Å². The maximum atomic E-state index is 12.8. The maximum Gasteiger partial charge on any atom is 0.344 e. The Hall–Kier alpha value is -3.05. The number of benzene rings is 2. The van der Waals surface area contributed by atoms with Crippen LogP contribution in [0.2, 0.25) is 5.02 Å². The highest BCUT2D eigenvalue weighted by Crippen LogP contribution is 2.50. The molecule has 2 aliphatic rings. The standard InChI is InChI=1S/C21H15ClO5/c1-11(20(23)25-2)18-16-14-5-3-4-6-15(14)26-21(24)17(16)19(27-18)12-7-9-13(22)10-8-12/h3-10,16,18H,1H2,2H3. The fourth-order valence-corrected chi connectivity index (χ4v) is 3.54. The second-order valence-corrected chi connectivity index (χ2v) is 6.65. The summed E-state index contributed by atoms with van der Waals surface area (Å²) in [6, 6.07) is 14.1. The Kier molecular flexibility index (Phi) is 4.24. The minimum atomic E-state index is -0.771. The first-order valence-electron chi connectivity index (χ1n) is 8.26. The van der Waals surface area contributed by atoms with Crippen molar-refractivity contribution >= 4 is 29.3 Å². The van der Waals surface area contributed by atoms with Gasteiger partial charge >= 0.3 is 11.9 Å². The molecular formula is C21H15ClO5. The molecule has 2 aromatic carbocycles. The SMILES string of the molecule is C=C(C(=O)OC)C1OC(c2ccc(Cl)cc2)=C2C(=O)Oc3ccccc3C21. The number of methoxy groups -OCH3 is 1. The molecule has 0 saturated heterocycles. The van der Waals surface area contributed by atoms with Crippen LogP contribution in [0.1, 0.15) is 17.0 Å². The zero-order valence-electron chi connectivity index (χ0n) is 14.4. The van der Waals surface area contributed by atoms with Crippen LogP contribution in [0.5, 0.6) is 5.75 Å². The van der Waals surface area contributed by atoms with Gasteiger partial charge in [0, 0.05) is 16.1 Å². The Balaban J connectivity index is 1.89. The normalized spacial score (nSPS) is 20.3. The molecule has 4 rings (SSSR count). The van der Waals surface area contributed by atoms with E-state index in [4.69, 9.17) is 25.8 Å². The van der Waals surface area contributed by atoms with E-state index < -0.39 is 24.0 Å². The van der Waals surface area contributed by atoms with E-state index in [1.807, 2.05) is 12.1 Å². The summed E-state index contributed by atoms with van der Waals surface area (Å²) in [6.45, 7) is 3.84. The third-order valence-corrected chi connectivity index (χ3v) is 4.93. The van der Waals surface area contributed by atoms with E-state index in [0.717, 1.165) is 5.56 Å². The number of hydrogen-bond donors (Lipinski definition) is 0. The monoisotopic (exact) mass is 382 g/mol. The van der Waals surface area contributed by atoms with Crippen molar-refractivity contribution in [1.29, 1.82) is 0 Å². The first kappa shape index (κ1) is 17.4. The van der Waals surface area contributed by atoms with Crippen LogP contribution >= 0.6 is 11.6 Å². The van der Waals surface area contributed by atoms with Crippen molar-refractivity contribution in [2.24, 2.45) is 0 Å². The lowest BCUT2D eigenvalue weighted by Crippen LogP contribution is -2.30. The number of rotatable bonds is 3. The van der Waals surface area contributed by atoms with Crippen molar-refractivity contribution in [3.63, 3.8) is 0 Å².